The summed E-state index contributed by atoms with van der Waals surface area (Å²) in [6.07, 6.45) is 5.82. The first-order valence-electron chi connectivity index (χ1n) is 10.4. The Labute approximate surface area is 175 Å². The van der Waals surface area contributed by atoms with E-state index >= 15 is 0 Å². The van der Waals surface area contributed by atoms with Gasteiger partial charge in [0.1, 0.15) is 18.2 Å². The van der Waals surface area contributed by atoms with Crippen LogP contribution in [-0.4, -0.2) is 56.0 Å². The van der Waals surface area contributed by atoms with E-state index in [1.54, 1.807) is 19.2 Å². The number of amides is 2. The van der Waals surface area contributed by atoms with Gasteiger partial charge in [0.15, 0.2) is 5.96 Å². The number of nitrogens with zero attached hydrogens (tertiary/aromatic N) is 2. The van der Waals surface area contributed by atoms with Crippen LogP contribution in [-0.2, 0) is 9.59 Å². The lowest BCUT2D eigenvalue weighted by molar-refractivity contribution is -0.140. The molecule has 2 fully saturated rings. The number of likely N-dealkylation sites (tertiary alicyclic amines) is 1. The van der Waals surface area contributed by atoms with Crippen LogP contribution in [0.4, 0.5) is 4.39 Å². The molecular weight excluding hydrogens is 387 g/mol. The van der Waals surface area contributed by atoms with E-state index < -0.39 is 0 Å². The summed E-state index contributed by atoms with van der Waals surface area (Å²) in [5.74, 6) is 0.984. The molecule has 2 amide bonds. The van der Waals surface area contributed by atoms with Gasteiger partial charge in [-0.05, 0) is 36.8 Å². The molecule has 2 bridgehead atoms. The Morgan fingerprint density at radius 2 is 1.87 bits per heavy atom. The molecule has 4 rings (SSSR count). The summed E-state index contributed by atoms with van der Waals surface area (Å²) >= 11 is 0. The number of ether oxygens (including phenoxy) is 1. The summed E-state index contributed by atoms with van der Waals surface area (Å²) in [6.45, 7) is 1.87. The van der Waals surface area contributed by atoms with Gasteiger partial charge in [0, 0.05) is 26.2 Å². The van der Waals surface area contributed by atoms with E-state index in [9.17, 15) is 14.0 Å². The third kappa shape index (κ3) is 4.04. The highest BCUT2D eigenvalue weighted by atomic mass is 19.1. The minimum Gasteiger partial charge on any atom is -0.492 e. The molecule has 4 unspecified atom stereocenters. The molecule has 1 aromatic carbocycles. The summed E-state index contributed by atoms with van der Waals surface area (Å²) in [4.78, 5) is 30.9. The van der Waals surface area contributed by atoms with Gasteiger partial charge in [-0.25, -0.2) is 4.39 Å². The van der Waals surface area contributed by atoms with Crippen molar-refractivity contribution >= 4 is 17.8 Å². The molecule has 2 N–H and O–H groups in total. The first kappa shape index (κ1) is 20.4. The predicted molar refractivity (Wildman–Crippen MR) is 110 cm³/mol. The number of benzene rings is 1. The Balaban J connectivity index is 1.14. The minimum absolute atomic E-state index is 0.00106. The van der Waals surface area contributed by atoms with Crippen molar-refractivity contribution in [2.24, 2.45) is 28.7 Å². The molecule has 30 heavy (non-hydrogen) atoms. The number of fused-ring (bicyclic) bond motifs is 5. The molecule has 1 aliphatic heterocycles. The lowest BCUT2D eigenvalue weighted by Crippen LogP contribution is -2.41. The van der Waals surface area contributed by atoms with Crippen molar-refractivity contribution in [1.29, 1.82) is 0 Å². The third-order valence-corrected chi connectivity index (χ3v) is 6.10. The Hall–Kier alpha value is -2.90. The maximum atomic E-state index is 13.1. The van der Waals surface area contributed by atoms with Gasteiger partial charge in [-0.1, -0.05) is 18.2 Å². The number of carbonyl (C=O) groups excluding carboxylic acids is 2. The molecule has 3 aliphatic rings. The number of guanidine groups is 1. The molecule has 8 heteroatoms. The van der Waals surface area contributed by atoms with Crippen LogP contribution in [0.1, 0.15) is 12.8 Å². The topological polar surface area (TPSA) is 83.0 Å². The largest absolute Gasteiger partial charge is 0.492 e. The van der Waals surface area contributed by atoms with E-state index in [2.05, 4.69) is 27.8 Å². The van der Waals surface area contributed by atoms with E-state index in [0.29, 0.717) is 44.4 Å². The molecule has 1 saturated heterocycles. The van der Waals surface area contributed by atoms with Crippen molar-refractivity contribution in [2.75, 3.05) is 33.3 Å². The normalized spacial score (nSPS) is 27.0. The van der Waals surface area contributed by atoms with Crippen molar-refractivity contribution in [2.45, 2.75) is 12.8 Å². The van der Waals surface area contributed by atoms with Gasteiger partial charge in [0.05, 0.1) is 18.4 Å². The van der Waals surface area contributed by atoms with Crippen molar-refractivity contribution in [1.82, 2.24) is 15.5 Å². The van der Waals surface area contributed by atoms with Crippen LogP contribution >= 0.6 is 0 Å². The fraction of sp³-hybridized carbons (Fsp3) is 0.500. The molecule has 4 atom stereocenters. The number of hydrogen-bond acceptors (Lipinski definition) is 4. The van der Waals surface area contributed by atoms with E-state index in [-0.39, 0.29) is 41.3 Å². The molecule has 7 nitrogen and oxygen atoms in total. The molecule has 2 aliphatic carbocycles. The zero-order valence-electron chi connectivity index (χ0n) is 17.0. The molecule has 1 aromatic rings. The summed E-state index contributed by atoms with van der Waals surface area (Å²) < 4.78 is 18.6. The predicted octanol–water partition coefficient (Wildman–Crippen LogP) is 1.57. The van der Waals surface area contributed by atoms with E-state index in [4.69, 9.17) is 4.74 Å². The summed E-state index contributed by atoms with van der Waals surface area (Å²) in [6, 6.07) is 6.01. The average Bonchev–Trinajstić information content (AvgIpc) is 3.42. The third-order valence-electron chi connectivity index (χ3n) is 6.10. The zero-order valence-corrected chi connectivity index (χ0v) is 17.0. The highest BCUT2D eigenvalue weighted by Gasteiger charge is 2.58. The molecule has 1 saturated carbocycles. The first-order chi connectivity index (χ1) is 14.6. The number of hydrogen-bond donors (Lipinski definition) is 2. The van der Waals surface area contributed by atoms with Gasteiger partial charge < -0.3 is 15.4 Å². The van der Waals surface area contributed by atoms with Crippen LogP contribution in [0.15, 0.2) is 41.4 Å². The number of nitrogens with one attached hydrogen (secondary N) is 2. The maximum Gasteiger partial charge on any atom is 0.233 e. The Bertz CT molecular complexity index is 842. The Kier molecular flexibility index (Phi) is 6.01. The second-order valence-corrected chi connectivity index (χ2v) is 7.91. The molecule has 160 valence electrons. The number of rotatable bonds is 8. The van der Waals surface area contributed by atoms with E-state index in [1.165, 1.54) is 17.0 Å². The molecule has 1 heterocycles. The molecule has 0 spiro atoms. The summed E-state index contributed by atoms with van der Waals surface area (Å²) in [5.41, 5.74) is 0. The molecule has 0 aromatic heterocycles. The van der Waals surface area contributed by atoms with Gasteiger partial charge in [0.25, 0.3) is 0 Å². The van der Waals surface area contributed by atoms with Gasteiger partial charge in [-0.15, -0.1) is 0 Å². The Morgan fingerprint density at radius 3 is 2.53 bits per heavy atom. The van der Waals surface area contributed by atoms with Crippen LogP contribution in [0, 0.1) is 29.5 Å². The van der Waals surface area contributed by atoms with Crippen LogP contribution in [0.2, 0.25) is 0 Å². The number of aliphatic imine (C=N–C) groups is 1. The number of halogens is 1. The molecule has 0 radical (unpaired) electrons. The van der Waals surface area contributed by atoms with Crippen LogP contribution < -0.4 is 15.4 Å². The zero-order chi connectivity index (χ0) is 21.1. The van der Waals surface area contributed by atoms with Gasteiger partial charge in [-0.3, -0.25) is 19.5 Å². The smallest absolute Gasteiger partial charge is 0.233 e. The summed E-state index contributed by atoms with van der Waals surface area (Å²) in [5, 5.41) is 6.29. The summed E-state index contributed by atoms with van der Waals surface area (Å²) in [7, 11) is 1.67. The van der Waals surface area contributed by atoms with E-state index in [0.717, 1.165) is 6.42 Å². The minimum atomic E-state index is -0.333. The monoisotopic (exact) mass is 414 g/mol. The first-order valence-corrected chi connectivity index (χ1v) is 10.4. The highest BCUT2D eigenvalue weighted by Crippen LogP contribution is 2.52. The quantitative estimate of drug-likeness (QED) is 0.222. The fourth-order valence-electron chi connectivity index (χ4n) is 4.74. The SMILES string of the molecule is CN=C(NCCCN1C(=O)C2C3C=CC(C3)C2C1=O)NCCOc1cccc(F)c1. The average molecular weight is 414 g/mol. The maximum absolute atomic E-state index is 13.1. The van der Waals surface area contributed by atoms with Crippen molar-refractivity contribution in [3.8, 4) is 5.75 Å². The van der Waals surface area contributed by atoms with Crippen LogP contribution in [0.3, 0.4) is 0 Å². The molecular formula is C22H27FN4O3. The highest BCUT2D eigenvalue weighted by molar-refractivity contribution is 6.06. The van der Waals surface area contributed by atoms with Gasteiger partial charge in [-0.2, -0.15) is 0 Å². The van der Waals surface area contributed by atoms with Gasteiger partial charge >= 0.3 is 0 Å². The van der Waals surface area contributed by atoms with E-state index in [1.807, 2.05) is 0 Å². The van der Waals surface area contributed by atoms with Crippen molar-refractivity contribution in [3.63, 3.8) is 0 Å². The second-order valence-electron chi connectivity index (χ2n) is 7.91. The van der Waals surface area contributed by atoms with Crippen molar-refractivity contribution < 1.29 is 18.7 Å². The standard InChI is InChI=1S/C22H27FN4O3/c1-24-22(26-9-11-30-17-5-2-4-16(23)13-17)25-8-3-10-27-20(28)18-14-6-7-15(12-14)19(18)21(27)29/h2,4-7,13-15,18-19H,3,8-12H2,1H3,(H2,24,25,26). The number of carbonyl (C=O) groups is 2. The lowest BCUT2D eigenvalue weighted by atomic mass is 9.85. The van der Waals surface area contributed by atoms with Crippen LogP contribution in [0.25, 0.3) is 0 Å². The lowest BCUT2D eigenvalue weighted by Gasteiger charge is -2.18. The van der Waals surface area contributed by atoms with Crippen LogP contribution in [0.5, 0.6) is 5.75 Å². The second kappa shape index (κ2) is 8.85. The Morgan fingerprint density at radius 1 is 1.17 bits per heavy atom. The van der Waals surface area contributed by atoms with Crippen molar-refractivity contribution in [3.05, 3.63) is 42.2 Å². The van der Waals surface area contributed by atoms with Gasteiger partial charge in [0.2, 0.25) is 11.8 Å². The number of allylic oxidation sites excluding steroid dienone is 2. The number of imide groups is 1. The fourth-order valence-corrected chi connectivity index (χ4v) is 4.74.